The molecule has 1 unspecified atom stereocenters. The van der Waals surface area contributed by atoms with Crippen LogP contribution in [0.1, 0.15) is 26.7 Å². The molecule has 0 aromatic carbocycles. The van der Waals surface area contributed by atoms with Crippen LogP contribution in [0.15, 0.2) is 0 Å². The zero-order valence-corrected chi connectivity index (χ0v) is 11.2. The van der Waals surface area contributed by atoms with Crippen LogP contribution in [0.2, 0.25) is 0 Å². The molecule has 0 bridgehead atoms. The number of rotatable bonds is 10. The Hall–Kier alpha value is -0.160. The molecule has 0 aliphatic rings. The van der Waals surface area contributed by atoms with Gasteiger partial charge in [0, 0.05) is 32.8 Å². The van der Waals surface area contributed by atoms with Crippen molar-refractivity contribution in [3.8, 4) is 0 Å². The number of ether oxygens (including phenoxy) is 2. The Balaban J connectivity index is 4.26. The van der Waals surface area contributed by atoms with E-state index in [2.05, 4.69) is 18.7 Å². The van der Waals surface area contributed by atoms with Crippen LogP contribution in [0.25, 0.3) is 0 Å². The van der Waals surface area contributed by atoms with Crippen LogP contribution in [0.5, 0.6) is 0 Å². The molecule has 0 amide bonds. The molecule has 0 aromatic rings. The molecule has 4 nitrogen and oxygen atoms in total. The second-order valence-electron chi connectivity index (χ2n) is 4.36. The van der Waals surface area contributed by atoms with Gasteiger partial charge >= 0.3 is 0 Å². The van der Waals surface area contributed by atoms with E-state index < -0.39 is 0 Å². The van der Waals surface area contributed by atoms with Crippen molar-refractivity contribution in [1.82, 2.24) is 4.90 Å². The topological polar surface area (TPSA) is 47.7 Å². The summed E-state index contributed by atoms with van der Waals surface area (Å²) in [6, 6.07) is 0.955. The first kappa shape index (κ1) is 15.8. The summed E-state index contributed by atoms with van der Waals surface area (Å²) in [5, 5.41) is 0. The Kier molecular flexibility index (Phi) is 9.92. The van der Waals surface area contributed by atoms with Crippen molar-refractivity contribution in [1.29, 1.82) is 0 Å². The highest BCUT2D eigenvalue weighted by molar-refractivity contribution is 4.74. The van der Waals surface area contributed by atoms with Crippen molar-refractivity contribution >= 4 is 0 Å². The maximum absolute atomic E-state index is 5.57. The Morgan fingerprint density at radius 3 is 2.31 bits per heavy atom. The summed E-state index contributed by atoms with van der Waals surface area (Å²) in [6.45, 7) is 7.65. The fraction of sp³-hybridized carbons (Fsp3) is 1.00. The van der Waals surface area contributed by atoms with Crippen LogP contribution in [0, 0.1) is 0 Å². The Bertz CT molecular complexity index is 154. The van der Waals surface area contributed by atoms with E-state index in [9.17, 15) is 0 Å². The zero-order chi connectivity index (χ0) is 12.4. The quantitative estimate of drug-likeness (QED) is 0.613. The lowest BCUT2D eigenvalue weighted by molar-refractivity contribution is 0.0441. The van der Waals surface area contributed by atoms with E-state index in [0.29, 0.717) is 12.1 Å². The number of nitrogens with two attached hydrogens (primary N) is 1. The second-order valence-corrected chi connectivity index (χ2v) is 4.36. The molecule has 0 saturated heterocycles. The molecule has 0 aliphatic heterocycles. The molecule has 4 heteroatoms. The van der Waals surface area contributed by atoms with Gasteiger partial charge in [-0.2, -0.15) is 0 Å². The lowest BCUT2D eigenvalue weighted by Gasteiger charge is -2.34. The molecule has 0 rings (SSSR count). The summed E-state index contributed by atoms with van der Waals surface area (Å²) >= 11 is 0. The Labute approximate surface area is 100 Å². The van der Waals surface area contributed by atoms with Crippen LogP contribution in [0.4, 0.5) is 0 Å². The molecule has 0 radical (unpaired) electrons. The van der Waals surface area contributed by atoms with Gasteiger partial charge in [-0.3, -0.25) is 4.90 Å². The van der Waals surface area contributed by atoms with Gasteiger partial charge in [0.2, 0.25) is 0 Å². The van der Waals surface area contributed by atoms with E-state index in [0.717, 1.165) is 39.1 Å². The lowest BCUT2D eigenvalue weighted by atomic mass is 10.1. The first-order chi connectivity index (χ1) is 7.67. The monoisotopic (exact) mass is 232 g/mol. The summed E-state index contributed by atoms with van der Waals surface area (Å²) in [5.41, 5.74) is 5.57. The van der Waals surface area contributed by atoms with Gasteiger partial charge in [-0.15, -0.1) is 0 Å². The second kappa shape index (κ2) is 10.0. The van der Waals surface area contributed by atoms with Gasteiger partial charge in [-0.25, -0.2) is 0 Å². The number of methoxy groups -OCH3 is 2. The summed E-state index contributed by atoms with van der Waals surface area (Å²) in [7, 11) is 3.49. The minimum Gasteiger partial charge on any atom is -0.383 e. The van der Waals surface area contributed by atoms with Gasteiger partial charge in [-0.1, -0.05) is 0 Å². The number of nitrogens with zero attached hydrogens (tertiary/aromatic N) is 1. The number of hydrogen-bond acceptors (Lipinski definition) is 4. The summed E-state index contributed by atoms with van der Waals surface area (Å²) in [5.74, 6) is 0. The third-order valence-electron chi connectivity index (χ3n) is 2.79. The molecule has 0 saturated carbocycles. The molecule has 0 aromatic heterocycles. The number of hydrogen-bond donors (Lipinski definition) is 1. The van der Waals surface area contributed by atoms with E-state index in [-0.39, 0.29) is 0 Å². The van der Waals surface area contributed by atoms with Gasteiger partial charge in [-0.05, 0) is 33.2 Å². The molecule has 98 valence electrons. The maximum atomic E-state index is 5.57. The SMILES string of the molecule is COCCN(C(C)C)C(CCCN)COC. The van der Waals surface area contributed by atoms with Gasteiger partial charge < -0.3 is 15.2 Å². The summed E-state index contributed by atoms with van der Waals surface area (Å²) in [6.07, 6.45) is 2.14. The average molecular weight is 232 g/mol. The molecule has 1 atom stereocenters. The normalized spacial score (nSPS) is 13.7. The van der Waals surface area contributed by atoms with Crippen molar-refractivity contribution < 1.29 is 9.47 Å². The van der Waals surface area contributed by atoms with Crippen molar-refractivity contribution in [3.05, 3.63) is 0 Å². The fourth-order valence-corrected chi connectivity index (χ4v) is 1.95. The molecule has 0 spiro atoms. The third-order valence-corrected chi connectivity index (χ3v) is 2.79. The minimum atomic E-state index is 0.448. The highest BCUT2D eigenvalue weighted by Gasteiger charge is 2.20. The predicted octanol–water partition coefficient (Wildman–Crippen LogP) is 1.10. The van der Waals surface area contributed by atoms with Gasteiger partial charge in [0.15, 0.2) is 0 Å². The van der Waals surface area contributed by atoms with Crippen molar-refractivity contribution in [2.45, 2.75) is 38.8 Å². The van der Waals surface area contributed by atoms with Crippen LogP contribution in [-0.2, 0) is 9.47 Å². The van der Waals surface area contributed by atoms with Gasteiger partial charge in [0.05, 0.1) is 13.2 Å². The lowest BCUT2D eigenvalue weighted by Crippen LogP contribution is -2.45. The first-order valence-corrected chi connectivity index (χ1v) is 6.11. The summed E-state index contributed by atoms with van der Waals surface area (Å²) < 4.78 is 10.4. The van der Waals surface area contributed by atoms with Crippen LogP contribution in [0.3, 0.4) is 0 Å². The molecular formula is C12H28N2O2. The Morgan fingerprint density at radius 1 is 1.19 bits per heavy atom. The van der Waals surface area contributed by atoms with Crippen molar-refractivity contribution in [2.75, 3.05) is 40.5 Å². The molecule has 16 heavy (non-hydrogen) atoms. The van der Waals surface area contributed by atoms with E-state index in [1.165, 1.54) is 0 Å². The molecule has 2 N–H and O–H groups in total. The van der Waals surface area contributed by atoms with Crippen molar-refractivity contribution in [3.63, 3.8) is 0 Å². The predicted molar refractivity (Wildman–Crippen MR) is 67.7 cm³/mol. The third kappa shape index (κ3) is 6.43. The van der Waals surface area contributed by atoms with Crippen molar-refractivity contribution in [2.24, 2.45) is 5.73 Å². The van der Waals surface area contributed by atoms with Gasteiger partial charge in [0.1, 0.15) is 0 Å². The zero-order valence-electron chi connectivity index (χ0n) is 11.2. The standard InChI is InChI=1S/C12H28N2O2/c1-11(2)14(8-9-15-3)12(10-16-4)6-5-7-13/h11-12H,5-10,13H2,1-4H3. The molecule has 0 aliphatic carbocycles. The van der Waals surface area contributed by atoms with E-state index >= 15 is 0 Å². The highest BCUT2D eigenvalue weighted by atomic mass is 16.5. The van der Waals surface area contributed by atoms with E-state index in [4.69, 9.17) is 15.2 Å². The Morgan fingerprint density at radius 2 is 1.88 bits per heavy atom. The maximum Gasteiger partial charge on any atom is 0.0618 e. The van der Waals surface area contributed by atoms with Crippen LogP contribution >= 0.6 is 0 Å². The van der Waals surface area contributed by atoms with Gasteiger partial charge in [0.25, 0.3) is 0 Å². The van der Waals surface area contributed by atoms with Crippen LogP contribution in [-0.4, -0.2) is 57.5 Å². The molecule has 0 heterocycles. The highest BCUT2D eigenvalue weighted by Crippen LogP contribution is 2.11. The van der Waals surface area contributed by atoms with E-state index in [1.54, 1.807) is 14.2 Å². The first-order valence-electron chi connectivity index (χ1n) is 6.11. The minimum absolute atomic E-state index is 0.448. The van der Waals surface area contributed by atoms with E-state index in [1.807, 2.05) is 0 Å². The molecular weight excluding hydrogens is 204 g/mol. The fourth-order valence-electron chi connectivity index (χ4n) is 1.95. The summed E-state index contributed by atoms with van der Waals surface area (Å²) in [4.78, 5) is 2.43. The smallest absolute Gasteiger partial charge is 0.0618 e. The largest absolute Gasteiger partial charge is 0.383 e. The molecule has 0 fully saturated rings. The van der Waals surface area contributed by atoms with Crippen LogP contribution < -0.4 is 5.73 Å². The average Bonchev–Trinajstić information content (AvgIpc) is 2.25.